The van der Waals surface area contributed by atoms with Crippen LogP contribution in [0.1, 0.15) is 33.3 Å². The molecule has 0 saturated heterocycles. The summed E-state index contributed by atoms with van der Waals surface area (Å²) in [4.78, 5) is 0. The van der Waals surface area contributed by atoms with Crippen molar-refractivity contribution >= 4 is 27.5 Å². The van der Waals surface area contributed by atoms with E-state index in [0.717, 1.165) is 10.9 Å². The lowest BCUT2D eigenvalue weighted by Crippen LogP contribution is -2.11. The molecule has 2 rings (SSSR count). The summed E-state index contributed by atoms with van der Waals surface area (Å²) in [6.45, 7) is 9.31. The predicted molar refractivity (Wildman–Crippen MR) is 78.5 cm³/mol. The molecule has 1 aromatic carbocycles. The molecule has 0 bridgehead atoms. The SMILES string of the molecule is CC1(C)C(C(Cl)Cc2cccc(Br)c2)C1(C)C. The van der Waals surface area contributed by atoms with Crippen LogP contribution in [-0.4, -0.2) is 5.38 Å². The third kappa shape index (κ3) is 2.29. The fourth-order valence-corrected chi connectivity index (χ4v) is 4.41. The third-order valence-electron chi connectivity index (χ3n) is 4.81. The Bertz CT molecular complexity index is 409. The molecule has 1 atom stereocenters. The van der Waals surface area contributed by atoms with Gasteiger partial charge in [0.1, 0.15) is 0 Å². The molecule has 1 aliphatic rings. The third-order valence-corrected chi connectivity index (χ3v) is 5.71. The van der Waals surface area contributed by atoms with E-state index in [9.17, 15) is 0 Å². The van der Waals surface area contributed by atoms with Gasteiger partial charge in [0.05, 0.1) is 0 Å². The lowest BCUT2D eigenvalue weighted by atomic mass is 10.0. The van der Waals surface area contributed by atoms with E-state index in [4.69, 9.17) is 11.6 Å². The van der Waals surface area contributed by atoms with Crippen LogP contribution < -0.4 is 0 Å². The van der Waals surface area contributed by atoms with Crippen LogP contribution in [0.25, 0.3) is 0 Å². The monoisotopic (exact) mass is 314 g/mol. The highest BCUT2D eigenvalue weighted by Crippen LogP contribution is 2.70. The zero-order valence-corrected chi connectivity index (χ0v) is 13.3. The molecule has 0 heterocycles. The summed E-state index contributed by atoms with van der Waals surface area (Å²) >= 11 is 10.1. The standard InChI is InChI=1S/C15H20BrCl/c1-14(2)13(15(14,3)4)12(17)9-10-6-5-7-11(16)8-10/h5-8,12-13H,9H2,1-4H3. The van der Waals surface area contributed by atoms with Crippen LogP contribution in [0.15, 0.2) is 28.7 Å². The minimum absolute atomic E-state index is 0.231. The molecule has 0 radical (unpaired) electrons. The van der Waals surface area contributed by atoms with Crippen molar-refractivity contribution in [2.45, 2.75) is 39.5 Å². The second kappa shape index (κ2) is 4.28. The Kier molecular flexibility index (Phi) is 3.38. The van der Waals surface area contributed by atoms with Crippen molar-refractivity contribution in [1.82, 2.24) is 0 Å². The van der Waals surface area contributed by atoms with Gasteiger partial charge in [-0.25, -0.2) is 0 Å². The molecule has 2 heteroatoms. The fraction of sp³-hybridized carbons (Fsp3) is 0.600. The molecule has 0 aromatic heterocycles. The molecular weight excluding hydrogens is 296 g/mol. The fourth-order valence-electron chi connectivity index (χ4n) is 3.16. The average Bonchev–Trinajstić information content (AvgIpc) is 2.56. The maximum atomic E-state index is 6.62. The maximum Gasteiger partial charge on any atom is 0.0415 e. The van der Waals surface area contributed by atoms with Crippen LogP contribution in [0.2, 0.25) is 0 Å². The topological polar surface area (TPSA) is 0 Å². The molecule has 0 N–H and O–H groups in total. The van der Waals surface area contributed by atoms with Crippen LogP contribution in [0.5, 0.6) is 0 Å². The molecule has 0 aliphatic heterocycles. The van der Waals surface area contributed by atoms with E-state index >= 15 is 0 Å². The number of benzene rings is 1. The number of rotatable bonds is 3. The van der Waals surface area contributed by atoms with Gasteiger partial charge in [-0.2, -0.15) is 0 Å². The number of hydrogen-bond acceptors (Lipinski definition) is 0. The van der Waals surface area contributed by atoms with E-state index < -0.39 is 0 Å². The van der Waals surface area contributed by atoms with Gasteiger partial charge in [-0.05, 0) is 40.9 Å². The Morgan fingerprint density at radius 3 is 2.29 bits per heavy atom. The summed E-state index contributed by atoms with van der Waals surface area (Å²) in [5.41, 5.74) is 2.05. The molecule has 1 saturated carbocycles. The molecule has 94 valence electrons. The average molecular weight is 316 g/mol. The van der Waals surface area contributed by atoms with Gasteiger partial charge < -0.3 is 0 Å². The van der Waals surface area contributed by atoms with Gasteiger partial charge in [-0.1, -0.05) is 55.8 Å². The zero-order chi connectivity index (χ0) is 12.8. The Labute approximate surface area is 118 Å². The largest absolute Gasteiger partial charge is 0.122 e. The van der Waals surface area contributed by atoms with E-state index in [1.165, 1.54) is 5.56 Å². The molecule has 1 fully saturated rings. The number of hydrogen-bond donors (Lipinski definition) is 0. The van der Waals surface area contributed by atoms with Crippen LogP contribution >= 0.6 is 27.5 Å². The van der Waals surface area contributed by atoms with Crippen molar-refractivity contribution in [1.29, 1.82) is 0 Å². The van der Waals surface area contributed by atoms with E-state index in [1.54, 1.807) is 0 Å². The maximum absolute atomic E-state index is 6.62. The Balaban J connectivity index is 2.07. The molecule has 1 aliphatic carbocycles. The molecule has 0 nitrogen and oxygen atoms in total. The van der Waals surface area contributed by atoms with Gasteiger partial charge in [0.25, 0.3) is 0 Å². The Hall–Kier alpha value is -0.0100. The Morgan fingerprint density at radius 1 is 1.24 bits per heavy atom. The van der Waals surface area contributed by atoms with Crippen molar-refractivity contribution in [3.05, 3.63) is 34.3 Å². The highest BCUT2D eigenvalue weighted by Gasteiger charge is 2.66. The number of alkyl halides is 1. The summed E-state index contributed by atoms with van der Waals surface area (Å²) in [6, 6.07) is 8.45. The van der Waals surface area contributed by atoms with Crippen molar-refractivity contribution in [3.8, 4) is 0 Å². The summed E-state index contributed by atoms with van der Waals surface area (Å²) < 4.78 is 1.13. The van der Waals surface area contributed by atoms with E-state index in [2.05, 4.69) is 67.9 Å². The van der Waals surface area contributed by atoms with Crippen molar-refractivity contribution in [3.63, 3.8) is 0 Å². The van der Waals surface area contributed by atoms with Crippen LogP contribution in [-0.2, 0) is 6.42 Å². The summed E-state index contributed by atoms with van der Waals surface area (Å²) in [5.74, 6) is 0.607. The summed E-state index contributed by atoms with van der Waals surface area (Å²) in [7, 11) is 0. The van der Waals surface area contributed by atoms with Crippen molar-refractivity contribution in [2.75, 3.05) is 0 Å². The normalized spacial score (nSPS) is 23.4. The zero-order valence-electron chi connectivity index (χ0n) is 10.9. The summed E-state index contributed by atoms with van der Waals surface area (Å²) in [5, 5.41) is 0.231. The minimum atomic E-state index is 0.231. The second-order valence-corrected chi connectivity index (χ2v) is 7.75. The highest BCUT2D eigenvalue weighted by atomic mass is 79.9. The first kappa shape index (κ1) is 13.4. The van der Waals surface area contributed by atoms with E-state index in [1.807, 2.05) is 0 Å². The van der Waals surface area contributed by atoms with Gasteiger partial charge in [0, 0.05) is 9.85 Å². The first-order valence-electron chi connectivity index (χ1n) is 6.15. The minimum Gasteiger partial charge on any atom is -0.122 e. The highest BCUT2D eigenvalue weighted by molar-refractivity contribution is 9.10. The number of halogens is 2. The van der Waals surface area contributed by atoms with Crippen LogP contribution in [0.4, 0.5) is 0 Å². The molecule has 1 aromatic rings. The van der Waals surface area contributed by atoms with Crippen LogP contribution in [0.3, 0.4) is 0 Å². The Morgan fingerprint density at radius 2 is 1.82 bits per heavy atom. The van der Waals surface area contributed by atoms with Gasteiger partial charge in [0.2, 0.25) is 0 Å². The van der Waals surface area contributed by atoms with Crippen molar-refractivity contribution in [2.24, 2.45) is 16.7 Å². The van der Waals surface area contributed by atoms with E-state index in [-0.39, 0.29) is 5.38 Å². The lowest BCUT2D eigenvalue weighted by molar-refractivity contribution is 0.457. The molecular formula is C15H20BrCl. The van der Waals surface area contributed by atoms with Crippen molar-refractivity contribution < 1.29 is 0 Å². The van der Waals surface area contributed by atoms with Gasteiger partial charge in [-0.3, -0.25) is 0 Å². The molecule has 0 amide bonds. The van der Waals surface area contributed by atoms with Gasteiger partial charge >= 0.3 is 0 Å². The molecule has 0 spiro atoms. The smallest absolute Gasteiger partial charge is 0.0415 e. The van der Waals surface area contributed by atoms with Crippen LogP contribution in [0, 0.1) is 16.7 Å². The van der Waals surface area contributed by atoms with Gasteiger partial charge in [-0.15, -0.1) is 11.6 Å². The quantitative estimate of drug-likeness (QED) is 0.666. The van der Waals surface area contributed by atoms with Gasteiger partial charge in [0.15, 0.2) is 0 Å². The predicted octanol–water partition coefficient (Wildman–Crippen LogP) is 5.28. The first-order chi connectivity index (χ1) is 7.76. The van der Waals surface area contributed by atoms with E-state index in [0.29, 0.717) is 16.7 Å². The molecule has 1 unspecified atom stereocenters. The lowest BCUT2D eigenvalue weighted by Gasteiger charge is -2.11. The summed E-state index contributed by atoms with van der Waals surface area (Å²) in [6.07, 6.45) is 0.957. The molecule has 17 heavy (non-hydrogen) atoms. The second-order valence-electron chi connectivity index (χ2n) is 6.27. The first-order valence-corrected chi connectivity index (χ1v) is 7.38.